The number of carbonyl (C=O) groups excluding carboxylic acids is 1. The number of anilines is 4. The van der Waals surface area contributed by atoms with E-state index in [4.69, 9.17) is 10.7 Å². The molecule has 0 atom stereocenters. The molecule has 4 rings (SSSR count). The van der Waals surface area contributed by atoms with Crippen LogP contribution in [0.5, 0.6) is 0 Å². The molecule has 3 heterocycles. The van der Waals surface area contributed by atoms with Gasteiger partial charge in [-0.05, 0) is 56.7 Å². The summed E-state index contributed by atoms with van der Waals surface area (Å²) in [4.78, 5) is 30.1. The van der Waals surface area contributed by atoms with Gasteiger partial charge >= 0.3 is 0 Å². The van der Waals surface area contributed by atoms with Crippen LogP contribution < -0.4 is 45.5 Å². The lowest BCUT2D eigenvalue weighted by Crippen LogP contribution is -2.34. The van der Waals surface area contributed by atoms with Crippen molar-refractivity contribution >= 4 is 41.8 Å². The highest BCUT2D eigenvalue weighted by Crippen LogP contribution is 2.24. The number of hydrogen-bond acceptors (Lipinski definition) is 11. The Kier molecular flexibility index (Phi) is 14.9. The molecule has 0 unspecified atom stereocenters. The van der Waals surface area contributed by atoms with E-state index in [1.807, 2.05) is 6.07 Å². The number of primary amides is 1. The first-order valence-electron chi connectivity index (χ1n) is 10.1. The summed E-state index contributed by atoms with van der Waals surface area (Å²) in [6, 6.07) is 7.07. The molecule has 12 nitrogen and oxygen atoms in total. The molecule has 2 aromatic rings. The topological polar surface area (TPSA) is 240 Å². The molecular weight excluding hydrogens is 446 g/mol. The maximum absolute atomic E-state index is 11.5. The summed E-state index contributed by atoms with van der Waals surface area (Å²) in [7, 11) is 0. The Bertz CT molecular complexity index is 825. The Morgan fingerprint density at radius 1 is 0.818 bits per heavy atom. The molecule has 0 aliphatic carbocycles. The predicted molar refractivity (Wildman–Crippen MR) is 146 cm³/mol. The van der Waals surface area contributed by atoms with E-state index < -0.39 is 5.91 Å². The standard InChI is InChI=1S/C20H27N7O.ClH.4H3N.4H2/c21-17(28)15-8-7-9-16(14-15)22-18-23-19(26-10-3-1-4-11-26)25-20(24-18)27-12-5-2-6-13-27;;;;;;;;;/h7-9,14H,1-6,10-13H2,(H2,21,28)(H,22,23,24,25);1H;4*1H3;4*1H. The van der Waals surface area contributed by atoms with Crippen LogP contribution in [0.25, 0.3) is 0 Å². The highest BCUT2D eigenvalue weighted by molar-refractivity contribution is 5.93. The predicted octanol–water partition coefficient (Wildman–Crippen LogP) is 4.75. The Hall–Kier alpha value is -2.77. The van der Waals surface area contributed by atoms with E-state index in [2.05, 4.69) is 25.1 Å². The number of carbonyl (C=O) groups is 1. The number of aromatic nitrogens is 3. The van der Waals surface area contributed by atoms with E-state index in [9.17, 15) is 4.79 Å². The molecule has 1 amide bonds. The van der Waals surface area contributed by atoms with E-state index in [-0.39, 0.29) is 42.7 Å². The van der Waals surface area contributed by atoms with Crippen molar-refractivity contribution in [2.75, 3.05) is 41.3 Å². The summed E-state index contributed by atoms with van der Waals surface area (Å²) in [5.41, 5.74) is 6.58. The maximum Gasteiger partial charge on any atom is 0.248 e. The quantitative estimate of drug-likeness (QED) is 0.331. The van der Waals surface area contributed by atoms with Crippen molar-refractivity contribution in [3.8, 4) is 0 Å². The fraction of sp³-hybridized carbons (Fsp3) is 0.500. The van der Waals surface area contributed by atoms with Crippen molar-refractivity contribution in [3.63, 3.8) is 0 Å². The van der Waals surface area contributed by atoms with E-state index >= 15 is 0 Å². The summed E-state index contributed by atoms with van der Waals surface area (Å²) in [5.74, 6) is 1.49. The summed E-state index contributed by atoms with van der Waals surface area (Å²) in [6.45, 7) is 3.89. The van der Waals surface area contributed by atoms with Crippen LogP contribution in [0.1, 0.15) is 54.6 Å². The lowest BCUT2D eigenvalue weighted by Gasteiger charge is -2.30. The smallest absolute Gasteiger partial charge is 0.248 e. The average Bonchev–Trinajstić information content (AvgIpc) is 2.75. The third-order valence-corrected chi connectivity index (χ3v) is 5.29. The fourth-order valence-corrected chi connectivity index (χ4v) is 3.76. The van der Waals surface area contributed by atoms with Crippen LogP contribution in [0.3, 0.4) is 0 Å². The van der Waals surface area contributed by atoms with Gasteiger partial charge in [-0.15, -0.1) is 12.4 Å². The molecule has 1 aromatic heterocycles. The number of benzene rings is 1. The molecule has 2 aliphatic rings. The zero-order valence-electron chi connectivity index (χ0n) is 19.3. The summed E-state index contributed by atoms with van der Waals surface area (Å²) in [6.07, 6.45) is 7.15. The highest BCUT2D eigenvalue weighted by Gasteiger charge is 2.20. The van der Waals surface area contributed by atoms with Gasteiger partial charge in [0.05, 0.1) is 0 Å². The van der Waals surface area contributed by atoms with Crippen molar-refractivity contribution in [1.82, 2.24) is 39.6 Å². The van der Waals surface area contributed by atoms with Crippen molar-refractivity contribution in [2.24, 2.45) is 5.73 Å². The number of nitrogens with zero attached hydrogens (tertiary/aromatic N) is 5. The number of nitrogens with two attached hydrogens (primary N) is 1. The molecule has 2 fully saturated rings. The molecule has 2 aliphatic heterocycles. The number of nitrogens with one attached hydrogen (secondary N) is 1. The minimum atomic E-state index is -0.456. The van der Waals surface area contributed by atoms with Gasteiger partial charge in [0.1, 0.15) is 0 Å². The Morgan fingerprint density at radius 2 is 1.30 bits per heavy atom. The normalized spacial score (nSPS) is 14.8. The molecule has 196 valence electrons. The van der Waals surface area contributed by atoms with Crippen molar-refractivity contribution in [2.45, 2.75) is 38.5 Å². The average molecular weight is 494 g/mol. The van der Waals surface area contributed by atoms with E-state index in [1.165, 1.54) is 12.8 Å². The van der Waals surface area contributed by atoms with Crippen LogP contribution in [0.15, 0.2) is 24.3 Å². The Labute approximate surface area is 207 Å². The highest BCUT2D eigenvalue weighted by atomic mass is 35.5. The molecule has 1 aromatic carbocycles. The first-order chi connectivity index (χ1) is 13.7. The van der Waals surface area contributed by atoms with Gasteiger partial charge in [-0.2, -0.15) is 15.0 Å². The molecule has 15 N–H and O–H groups in total. The molecule has 0 spiro atoms. The second kappa shape index (κ2) is 15.1. The first kappa shape index (κ1) is 32.4. The SMILES string of the molecule is Cl.N.N.N.N.NC(=O)c1cccc(Nc2nc(N3CCCCC3)nc(N3CCCCC3)n2)c1.[HH].[HH].[HH].[HH]. The van der Waals surface area contributed by atoms with Crippen LogP contribution >= 0.6 is 12.4 Å². The number of rotatable bonds is 5. The third kappa shape index (κ3) is 8.26. The van der Waals surface area contributed by atoms with Crippen molar-refractivity contribution < 1.29 is 10.5 Å². The molecule has 0 saturated carbocycles. The van der Waals surface area contributed by atoms with Crippen LogP contribution in [0.4, 0.5) is 23.5 Å². The Morgan fingerprint density at radius 3 is 1.76 bits per heavy atom. The summed E-state index contributed by atoms with van der Waals surface area (Å²) < 4.78 is 0. The largest absolute Gasteiger partial charge is 0.366 e. The van der Waals surface area contributed by atoms with Gasteiger partial charge in [0.2, 0.25) is 23.8 Å². The van der Waals surface area contributed by atoms with Gasteiger partial charge in [0.15, 0.2) is 0 Å². The second-order valence-corrected chi connectivity index (χ2v) is 7.42. The molecule has 33 heavy (non-hydrogen) atoms. The number of hydrogen-bond donors (Lipinski definition) is 6. The van der Waals surface area contributed by atoms with Crippen molar-refractivity contribution in [3.05, 3.63) is 29.8 Å². The van der Waals surface area contributed by atoms with E-state index in [0.29, 0.717) is 11.5 Å². The minimum Gasteiger partial charge on any atom is -0.366 e. The lowest BCUT2D eigenvalue weighted by atomic mass is 10.1. The van der Waals surface area contributed by atoms with Crippen LogP contribution in [0, 0.1) is 0 Å². The second-order valence-electron chi connectivity index (χ2n) is 7.42. The molecular formula is C20H48ClN11O. The zero-order valence-corrected chi connectivity index (χ0v) is 20.2. The fourth-order valence-electron chi connectivity index (χ4n) is 3.76. The lowest BCUT2D eigenvalue weighted by molar-refractivity contribution is 0.100. The van der Waals surface area contributed by atoms with Gasteiger partial charge in [0.25, 0.3) is 0 Å². The van der Waals surface area contributed by atoms with E-state index in [1.54, 1.807) is 18.2 Å². The van der Waals surface area contributed by atoms with Crippen molar-refractivity contribution in [1.29, 1.82) is 0 Å². The molecule has 2 saturated heterocycles. The number of piperidine rings is 2. The van der Waals surface area contributed by atoms with Gasteiger partial charge in [-0.1, -0.05) is 6.07 Å². The third-order valence-electron chi connectivity index (χ3n) is 5.29. The minimum absolute atomic E-state index is 0. The van der Waals surface area contributed by atoms with E-state index in [0.717, 1.165) is 69.4 Å². The van der Waals surface area contributed by atoms with Gasteiger partial charge in [0, 0.05) is 43.1 Å². The maximum atomic E-state index is 11.5. The van der Waals surface area contributed by atoms with Crippen LogP contribution in [0.2, 0.25) is 0 Å². The Balaban J connectivity index is -0.000000267. The van der Waals surface area contributed by atoms with Gasteiger partial charge in [-0.25, -0.2) is 0 Å². The van der Waals surface area contributed by atoms with Crippen LogP contribution in [-0.4, -0.2) is 47.0 Å². The van der Waals surface area contributed by atoms with Gasteiger partial charge in [-0.3, -0.25) is 4.79 Å². The summed E-state index contributed by atoms with van der Waals surface area (Å²) in [5, 5.41) is 3.23. The molecule has 0 bridgehead atoms. The molecule has 13 heteroatoms. The summed E-state index contributed by atoms with van der Waals surface area (Å²) >= 11 is 0. The first-order valence-corrected chi connectivity index (χ1v) is 10.1. The number of halogens is 1. The number of amides is 1. The monoisotopic (exact) mass is 493 g/mol. The molecule has 0 radical (unpaired) electrons. The zero-order chi connectivity index (χ0) is 19.3. The van der Waals surface area contributed by atoms with Crippen LogP contribution in [-0.2, 0) is 0 Å². The van der Waals surface area contributed by atoms with Gasteiger partial charge < -0.3 is 45.5 Å².